The van der Waals surface area contributed by atoms with Gasteiger partial charge in [-0.2, -0.15) is 0 Å². The second-order valence-electron chi connectivity index (χ2n) is 6.13. The molecule has 0 bridgehead atoms. The summed E-state index contributed by atoms with van der Waals surface area (Å²) >= 11 is 0. The van der Waals surface area contributed by atoms with Crippen LogP contribution in [0.3, 0.4) is 0 Å². The number of amidine groups is 1. The molecule has 2 fully saturated rings. The number of esters is 1. The Kier molecular flexibility index (Phi) is 3.84. The normalized spacial score (nSPS) is 26.2. The minimum absolute atomic E-state index is 0.121. The van der Waals surface area contributed by atoms with Gasteiger partial charge in [0.1, 0.15) is 5.84 Å². The van der Waals surface area contributed by atoms with Crippen LogP contribution in [0.1, 0.15) is 26.2 Å². The van der Waals surface area contributed by atoms with Gasteiger partial charge in [0.05, 0.1) is 32.0 Å². The number of rotatable bonds is 2. The van der Waals surface area contributed by atoms with Gasteiger partial charge in [0, 0.05) is 13.1 Å². The molecule has 22 heavy (non-hydrogen) atoms. The fourth-order valence-electron chi connectivity index (χ4n) is 3.29. The maximum Gasteiger partial charge on any atom is 0.407 e. The molecule has 0 aromatic carbocycles. The van der Waals surface area contributed by atoms with Gasteiger partial charge in [-0.25, -0.2) is 4.79 Å². The third-order valence-electron chi connectivity index (χ3n) is 4.46. The van der Waals surface area contributed by atoms with E-state index in [-0.39, 0.29) is 11.9 Å². The standard InChI is InChI=1S/C14H21N3O5/c1-2-21-12(18)10-4-3-5-16(7-10)11-6-14(22-15-11)8-17(9-14)13(19)20/h10H,2-9H2,1H3,(H,19,20). The number of likely N-dealkylation sites (tertiary alicyclic amines) is 2. The summed E-state index contributed by atoms with van der Waals surface area (Å²) in [4.78, 5) is 31.6. The van der Waals surface area contributed by atoms with E-state index < -0.39 is 11.7 Å². The van der Waals surface area contributed by atoms with Gasteiger partial charge in [-0.1, -0.05) is 5.16 Å². The van der Waals surface area contributed by atoms with E-state index in [9.17, 15) is 9.59 Å². The van der Waals surface area contributed by atoms with Crippen LogP contribution in [0.2, 0.25) is 0 Å². The van der Waals surface area contributed by atoms with E-state index in [4.69, 9.17) is 14.7 Å². The summed E-state index contributed by atoms with van der Waals surface area (Å²) in [6, 6.07) is 0. The van der Waals surface area contributed by atoms with Crippen LogP contribution in [0.5, 0.6) is 0 Å². The SMILES string of the molecule is CCOC(=O)C1CCCN(C2=NOC3(C2)CN(C(=O)O)C3)C1. The molecule has 1 spiro atoms. The van der Waals surface area contributed by atoms with Crippen LogP contribution in [0.25, 0.3) is 0 Å². The lowest BCUT2D eigenvalue weighted by molar-refractivity contribution is -0.149. The first-order valence-electron chi connectivity index (χ1n) is 7.67. The summed E-state index contributed by atoms with van der Waals surface area (Å²) in [5.74, 6) is 0.547. The Hall–Kier alpha value is -1.99. The quantitative estimate of drug-likeness (QED) is 0.756. The number of ether oxygens (including phenoxy) is 1. The van der Waals surface area contributed by atoms with E-state index in [1.807, 2.05) is 6.92 Å². The predicted octanol–water partition coefficient (Wildman–Crippen LogP) is 0.728. The van der Waals surface area contributed by atoms with Gasteiger partial charge in [-0.15, -0.1) is 0 Å². The smallest absolute Gasteiger partial charge is 0.407 e. The highest BCUT2D eigenvalue weighted by atomic mass is 16.7. The first-order chi connectivity index (χ1) is 10.5. The summed E-state index contributed by atoms with van der Waals surface area (Å²) in [7, 11) is 0. The zero-order valence-corrected chi connectivity index (χ0v) is 12.7. The van der Waals surface area contributed by atoms with Crippen molar-refractivity contribution in [3.63, 3.8) is 0 Å². The number of hydrogen-bond donors (Lipinski definition) is 1. The van der Waals surface area contributed by atoms with Crippen LogP contribution in [0.15, 0.2) is 5.16 Å². The van der Waals surface area contributed by atoms with Crippen molar-refractivity contribution in [3.8, 4) is 0 Å². The molecule has 1 atom stereocenters. The van der Waals surface area contributed by atoms with Crippen molar-refractivity contribution in [2.75, 3.05) is 32.8 Å². The zero-order valence-electron chi connectivity index (χ0n) is 12.7. The van der Waals surface area contributed by atoms with Crippen molar-refractivity contribution in [3.05, 3.63) is 0 Å². The third kappa shape index (κ3) is 2.69. The first kappa shape index (κ1) is 14.9. The third-order valence-corrected chi connectivity index (χ3v) is 4.46. The molecule has 0 aromatic rings. The number of carboxylic acid groups (broad SMARTS) is 1. The molecule has 0 aliphatic carbocycles. The van der Waals surface area contributed by atoms with Gasteiger partial charge in [0.25, 0.3) is 0 Å². The highest BCUT2D eigenvalue weighted by molar-refractivity contribution is 5.85. The predicted molar refractivity (Wildman–Crippen MR) is 76.4 cm³/mol. The number of piperidine rings is 1. The Morgan fingerprint density at radius 1 is 1.50 bits per heavy atom. The van der Waals surface area contributed by atoms with Crippen molar-refractivity contribution < 1.29 is 24.3 Å². The maximum absolute atomic E-state index is 11.9. The molecule has 3 heterocycles. The topological polar surface area (TPSA) is 91.7 Å². The maximum atomic E-state index is 11.9. The van der Waals surface area contributed by atoms with Crippen molar-refractivity contribution in [1.82, 2.24) is 9.80 Å². The molecule has 2 saturated heterocycles. The summed E-state index contributed by atoms with van der Waals surface area (Å²) in [5.41, 5.74) is -0.495. The molecular weight excluding hydrogens is 290 g/mol. The Labute approximate surface area is 128 Å². The molecule has 1 N–H and O–H groups in total. The number of nitrogens with zero attached hydrogens (tertiary/aromatic N) is 3. The van der Waals surface area contributed by atoms with Crippen molar-refractivity contribution in [2.45, 2.75) is 31.8 Å². The van der Waals surface area contributed by atoms with E-state index in [1.165, 1.54) is 4.90 Å². The average molecular weight is 311 g/mol. The van der Waals surface area contributed by atoms with Crippen molar-refractivity contribution >= 4 is 17.9 Å². The Morgan fingerprint density at radius 3 is 2.95 bits per heavy atom. The lowest BCUT2D eigenvalue weighted by Gasteiger charge is -2.43. The number of carbonyl (C=O) groups excluding carboxylic acids is 1. The van der Waals surface area contributed by atoms with Crippen LogP contribution >= 0.6 is 0 Å². The molecule has 0 aromatic heterocycles. The summed E-state index contributed by atoms with van der Waals surface area (Å²) in [5, 5.41) is 13.0. The van der Waals surface area contributed by atoms with Crippen LogP contribution in [0.4, 0.5) is 4.79 Å². The van der Waals surface area contributed by atoms with E-state index in [0.717, 1.165) is 25.2 Å². The Balaban J connectivity index is 1.55. The molecule has 8 heteroatoms. The van der Waals surface area contributed by atoms with Crippen molar-refractivity contribution in [2.24, 2.45) is 11.1 Å². The number of amides is 1. The van der Waals surface area contributed by atoms with E-state index in [0.29, 0.717) is 32.7 Å². The molecule has 0 radical (unpaired) electrons. The van der Waals surface area contributed by atoms with E-state index in [2.05, 4.69) is 10.1 Å². The number of carbonyl (C=O) groups is 2. The fraction of sp³-hybridized carbons (Fsp3) is 0.786. The first-order valence-corrected chi connectivity index (χ1v) is 7.67. The van der Waals surface area contributed by atoms with Gasteiger partial charge in [-0.3, -0.25) is 9.69 Å². The van der Waals surface area contributed by atoms with Gasteiger partial charge < -0.3 is 19.6 Å². The molecule has 122 valence electrons. The molecule has 1 amide bonds. The zero-order chi connectivity index (χ0) is 15.7. The lowest BCUT2D eigenvalue weighted by atomic mass is 9.89. The summed E-state index contributed by atoms with van der Waals surface area (Å²) in [6.07, 6.45) is 1.42. The summed E-state index contributed by atoms with van der Waals surface area (Å²) < 4.78 is 5.10. The molecule has 3 rings (SSSR count). The van der Waals surface area contributed by atoms with Gasteiger partial charge in [0.15, 0.2) is 5.60 Å². The molecular formula is C14H21N3O5. The second kappa shape index (κ2) is 5.66. The van der Waals surface area contributed by atoms with Gasteiger partial charge in [0.2, 0.25) is 0 Å². The summed E-state index contributed by atoms with van der Waals surface area (Å²) in [6.45, 7) is 4.35. The molecule has 0 saturated carbocycles. The largest absolute Gasteiger partial charge is 0.466 e. The fourth-order valence-corrected chi connectivity index (χ4v) is 3.29. The monoisotopic (exact) mass is 311 g/mol. The van der Waals surface area contributed by atoms with Crippen LogP contribution < -0.4 is 0 Å². The molecule has 8 nitrogen and oxygen atoms in total. The average Bonchev–Trinajstić information content (AvgIpc) is 2.91. The lowest BCUT2D eigenvalue weighted by Crippen LogP contribution is -2.63. The molecule has 3 aliphatic rings. The van der Waals surface area contributed by atoms with E-state index >= 15 is 0 Å². The van der Waals surface area contributed by atoms with E-state index in [1.54, 1.807) is 0 Å². The molecule has 1 unspecified atom stereocenters. The Bertz CT molecular complexity index is 501. The highest BCUT2D eigenvalue weighted by Gasteiger charge is 2.53. The second-order valence-corrected chi connectivity index (χ2v) is 6.13. The van der Waals surface area contributed by atoms with Gasteiger partial charge in [-0.05, 0) is 19.8 Å². The highest BCUT2D eigenvalue weighted by Crippen LogP contribution is 2.35. The van der Waals surface area contributed by atoms with Crippen LogP contribution in [0, 0.1) is 5.92 Å². The van der Waals surface area contributed by atoms with Crippen LogP contribution in [-0.2, 0) is 14.4 Å². The molecule has 3 aliphatic heterocycles. The minimum Gasteiger partial charge on any atom is -0.466 e. The van der Waals surface area contributed by atoms with Crippen molar-refractivity contribution in [1.29, 1.82) is 0 Å². The van der Waals surface area contributed by atoms with Crippen LogP contribution in [-0.4, -0.2) is 71.2 Å². The number of hydrogen-bond acceptors (Lipinski definition) is 6. The Morgan fingerprint density at radius 2 is 2.27 bits per heavy atom. The van der Waals surface area contributed by atoms with Gasteiger partial charge >= 0.3 is 12.1 Å². The minimum atomic E-state index is -0.928. The number of oxime groups is 1.